The van der Waals surface area contributed by atoms with Crippen LogP contribution in [0.3, 0.4) is 0 Å². The number of hydrogen-bond donors (Lipinski definition) is 2. The number of nitrogens with one attached hydrogen (secondary N) is 2. The molecule has 4 rings (SSSR count). The van der Waals surface area contributed by atoms with E-state index in [1.165, 1.54) is 56.3 Å². The molecule has 1 saturated carbocycles. The lowest BCUT2D eigenvalue weighted by atomic mass is 9.90. The van der Waals surface area contributed by atoms with E-state index in [9.17, 15) is 4.79 Å². The minimum absolute atomic E-state index is 0.0903. The topological polar surface area (TPSA) is 33.5 Å². The van der Waals surface area contributed by atoms with Gasteiger partial charge in [-0.25, -0.2) is 0 Å². The van der Waals surface area contributed by atoms with Gasteiger partial charge in [0.05, 0.1) is 13.1 Å². The first-order valence-electron chi connectivity index (χ1n) is 11.0. The monoisotopic (exact) mass is 377 g/mol. The van der Waals surface area contributed by atoms with E-state index in [-0.39, 0.29) is 5.91 Å². The summed E-state index contributed by atoms with van der Waals surface area (Å²) >= 11 is 0. The van der Waals surface area contributed by atoms with Crippen molar-refractivity contribution in [3.63, 3.8) is 0 Å². The van der Waals surface area contributed by atoms with E-state index in [4.69, 9.17) is 0 Å². The molecule has 1 amide bonds. The fourth-order valence-electron chi connectivity index (χ4n) is 4.82. The Balaban J connectivity index is 1.23. The summed E-state index contributed by atoms with van der Waals surface area (Å²) < 4.78 is 0. The zero-order chi connectivity index (χ0) is 19.2. The maximum Gasteiger partial charge on any atom is 0.251 e. The van der Waals surface area contributed by atoms with Crippen LogP contribution in [0, 0.1) is 5.92 Å². The van der Waals surface area contributed by atoms with E-state index in [1.54, 1.807) is 4.90 Å². The van der Waals surface area contributed by atoms with Gasteiger partial charge in [-0.3, -0.25) is 4.79 Å². The van der Waals surface area contributed by atoms with Crippen molar-refractivity contribution >= 4 is 5.91 Å². The number of quaternary nitrogens is 1. The molecule has 1 aliphatic heterocycles. The maximum absolute atomic E-state index is 12.4. The van der Waals surface area contributed by atoms with Gasteiger partial charge >= 0.3 is 0 Å². The summed E-state index contributed by atoms with van der Waals surface area (Å²) in [6.07, 6.45) is 8.60. The van der Waals surface area contributed by atoms with Gasteiger partial charge in [-0.1, -0.05) is 55.3 Å². The SMILES string of the molecule is O=C(NC1CCCC1)c1ccc(C[NH+]2CCC(Cc3ccccc3)CC2)cc1. The van der Waals surface area contributed by atoms with Crippen LogP contribution >= 0.6 is 0 Å². The van der Waals surface area contributed by atoms with Crippen molar-refractivity contribution < 1.29 is 9.69 Å². The number of piperidine rings is 1. The number of carbonyl (C=O) groups excluding carboxylic acids is 1. The summed E-state index contributed by atoms with van der Waals surface area (Å²) in [6, 6.07) is 19.6. The Morgan fingerprint density at radius 3 is 2.21 bits per heavy atom. The van der Waals surface area contributed by atoms with Crippen molar-refractivity contribution in [2.24, 2.45) is 5.92 Å². The number of benzene rings is 2. The number of rotatable bonds is 6. The molecule has 148 valence electrons. The molecule has 28 heavy (non-hydrogen) atoms. The molecule has 2 fully saturated rings. The number of amides is 1. The highest BCUT2D eigenvalue weighted by atomic mass is 16.1. The van der Waals surface area contributed by atoms with E-state index < -0.39 is 0 Å². The molecule has 2 N–H and O–H groups in total. The Hall–Kier alpha value is -2.13. The number of carbonyl (C=O) groups is 1. The predicted octanol–water partition coefficient (Wildman–Crippen LogP) is 3.40. The van der Waals surface area contributed by atoms with Gasteiger partial charge in [0.1, 0.15) is 6.54 Å². The van der Waals surface area contributed by atoms with E-state index >= 15 is 0 Å². The fourth-order valence-corrected chi connectivity index (χ4v) is 4.82. The normalized spacial score (nSPS) is 22.9. The van der Waals surface area contributed by atoms with Crippen LogP contribution in [0.4, 0.5) is 0 Å². The summed E-state index contributed by atoms with van der Waals surface area (Å²) in [4.78, 5) is 14.0. The molecule has 0 spiro atoms. The largest absolute Gasteiger partial charge is 0.349 e. The molecule has 2 aromatic carbocycles. The minimum atomic E-state index is 0.0903. The molecule has 0 bridgehead atoms. The number of likely N-dealkylation sites (tertiary alicyclic amines) is 1. The molecule has 0 aromatic heterocycles. The highest BCUT2D eigenvalue weighted by Crippen LogP contribution is 2.19. The molecule has 1 saturated heterocycles. The van der Waals surface area contributed by atoms with Gasteiger partial charge in [0.15, 0.2) is 0 Å². The van der Waals surface area contributed by atoms with Gasteiger partial charge < -0.3 is 10.2 Å². The molecule has 2 aliphatic rings. The van der Waals surface area contributed by atoms with Gasteiger partial charge in [0, 0.05) is 17.2 Å². The van der Waals surface area contributed by atoms with E-state index in [2.05, 4.69) is 47.8 Å². The van der Waals surface area contributed by atoms with Crippen LogP contribution in [0.2, 0.25) is 0 Å². The van der Waals surface area contributed by atoms with Crippen LogP contribution in [0.25, 0.3) is 0 Å². The Morgan fingerprint density at radius 2 is 1.54 bits per heavy atom. The van der Waals surface area contributed by atoms with E-state index in [1.807, 2.05) is 12.1 Å². The average Bonchev–Trinajstić information content (AvgIpc) is 3.24. The second-order valence-corrected chi connectivity index (χ2v) is 8.71. The molecule has 1 aliphatic carbocycles. The predicted molar refractivity (Wildman–Crippen MR) is 113 cm³/mol. The molecular weight excluding hydrogens is 344 g/mol. The quantitative estimate of drug-likeness (QED) is 0.795. The Bertz CT molecular complexity index is 742. The fraction of sp³-hybridized carbons (Fsp3) is 0.480. The highest BCUT2D eigenvalue weighted by Gasteiger charge is 2.22. The molecule has 3 heteroatoms. The van der Waals surface area contributed by atoms with Crippen molar-refractivity contribution in [2.75, 3.05) is 13.1 Å². The van der Waals surface area contributed by atoms with Crippen LogP contribution in [0.1, 0.15) is 60.0 Å². The first kappa shape index (κ1) is 19.2. The Kier molecular flexibility index (Phi) is 6.43. The van der Waals surface area contributed by atoms with Crippen LogP contribution in [-0.4, -0.2) is 25.0 Å². The average molecular weight is 378 g/mol. The third kappa shape index (κ3) is 5.23. The van der Waals surface area contributed by atoms with Crippen LogP contribution in [0.5, 0.6) is 0 Å². The lowest BCUT2D eigenvalue weighted by Crippen LogP contribution is -3.11. The third-order valence-electron chi connectivity index (χ3n) is 6.54. The molecule has 0 radical (unpaired) electrons. The second-order valence-electron chi connectivity index (χ2n) is 8.71. The molecule has 0 atom stereocenters. The van der Waals surface area contributed by atoms with Crippen molar-refractivity contribution in [3.05, 3.63) is 71.3 Å². The van der Waals surface area contributed by atoms with Gasteiger partial charge in [-0.15, -0.1) is 0 Å². The summed E-state index contributed by atoms with van der Waals surface area (Å²) in [5.41, 5.74) is 3.61. The summed E-state index contributed by atoms with van der Waals surface area (Å²) in [7, 11) is 0. The maximum atomic E-state index is 12.4. The lowest BCUT2D eigenvalue weighted by molar-refractivity contribution is -0.919. The Labute approximate surface area is 169 Å². The van der Waals surface area contributed by atoms with Gasteiger partial charge in [-0.2, -0.15) is 0 Å². The van der Waals surface area contributed by atoms with Gasteiger partial charge in [0.25, 0.3) is 5.91 Å². The standard InChI is InChI=1S/C25H32N2O/c28-25(26-24-8-4-5-9-24)23-12-10-22(11-13-23)19-27-16-14-21(15-17-27)18-20-6-2-1-3-7-20/h1-3,6-7,10-13,21,24H,4-5,8-9,14-19H2,(H,26,28)/p+1. The first-order valence-corrected chi connectivity index (χ1v) is 11.0. The van der Waals surface area contributed by atoms with Crippen molar-refractivity contribution in [2.45, 2.75) is 57.5 Å². The van der Waals surface area contributed by atoms with Gasteiger partial charge in [0.2, 0.25) is 0 Å². The zero-order valence-corrected chi connectivity index (χ0v) is 16.8. The Morgan fingerprint density at radius 1 is 0.857 bits per heavy atom. The molecule has 3 nitrogen and oxygen atoms in total. The van der Waals surface area contributed by atoms with Gasteiger partial charge in [-0.05, 0) is 55.7 Å². The van der Waals surface area contributed by atoms with Crippen molar-refractivity contribution in [1.29, 1.82) is 0 Å². The van der Waals surface area contributed by atoms with Crippen LogP contribution in [0.15, 0.2) is 54.6 Å². The summed E-state index contributed by atoms with van der Waals surface area (Å²) in [5.74, 6) is 0.917. The molecule has 1 heterocycles. The minimum Gasteiger partial charge on any atom is -0.349 e. The zero-order valence-electron chi connectivity index (χ0n) is 16.8. The molecule has 2 aromatic rings. The van der Waals surface area contributed by atoms with Crippen LogP contribution in [-0.2, 0) is 13.0 Å². The van der Waals surface area contributed by atoms with E-state index in [0.29, 0.717) is 6.04 Å². The molecule has 0 unspecified atom stereocenters. The second kappa shape index (κ2) is 9.38. The molecular formula is C25H33N2O+. The van der Waals surface area contributed by atoms with Crippen molar-refractivity contribution in [3.8, 4) is 0 Å². The van der Waals surface area contributed by atoms with Crippen molar-refractivity contribution in [1.82, 2.24) is 5.32 Å². The highest BCUT2D eigenvalue weighted by molar-refractivity contribution is 5.94. The van der Waals surface area contributed by atoms with E-state index in [0.717, 1.165) is 30.9 Å². The third-order valence-corrected chi connectivity index (χ3v) is 6.54. The smallest absolute Gasteiger partial charge is 0.251 e. The first-order chi connectivity index (χ1) is 13.8. The lowest BCUT2D eigenvalue weighted by Gasteiger charge is -2.29. The van der Waals surface area contributed by atoms with Crippen LogP contribution < -0.4 is 10.2 Å². The number of hydrogen-bond acceptors (Lipinski definition) is 1. The summed E-state index contributed by atoms with van der Waals surface area (Å²) in [6.45, 7) is 3.57. The summed E-state index contributed by atoms with van der Waals surface area (Å²) in [5, 5.41) is 3.18.